The smallest absolute Gasteiger partial charge is 0.231 e. The maximum atomic E-state index is 14.2. The van der Waals surface area contributed by atoms with Crippen molar-refractivity contribution >= 4 is 0 Å². The topological polar surface area (TPSA) is 47.9 Å². The second-order valence-electron chi connectivity index (χ2n) is 4.54. The number of methoxy groups -OCH3 is 1. The SMILES string of the molecule is COc1cc2c(c(C(C)(C)CO)c1F)OCO2. The Balaban J connectivity index is 2.68. The van der Waals surface area contributed by atoms with Gasteiger partial charge in [0.05, 0.1) is 13.7 Å². The van der Waals surface area contributed by atoms with E-state index in [2.05, 4.69) is 0 Å². The lowest BCUT2D eigenvalue weighted by Crippen LogP contribution is -2.24. The maximum absolute atomic E-state index is 14.2. The molecule has 4 nitrogen and oxygen atoms in total. The van der Waals surface area contributed by atoms with Gasteiger partial charge in [0.15, 0.2) is 23.1 Å². The van der Waals surface area contributed by atoms with Gasteiger partial charge in [-0.15, -0.1) is 0 Å². The predicted molar refractivity (Wildman–Crippen MR) is 59.2 cm³/mol. The van der Waals surface area contributed by atoms with Crippen LogP contribution in [0.15, 0.2) is 6.07 Å². The Bertz CT molecular complexity index is 442. The van der Waals surface area contributed by atoms with Crippen LogP contribution in [0.3, 0.4) is 0 Å². The van der Waals surface area contributed by atoms with Gasteiger partial charge in [0.1, 0.15) is 0 Å². The van der Waals surface area contributed by atoms with E-state index in [1.807, 2.05) is 0 Å². The van der Waals surface area contributed by atoms with Gasteiger partial charge in [-0.3, -0.25) is 0 Å². The summed E-state index contributed by atoms with van der Waals surface area (Å²) in [5.41, 5.74) is -0.483. The molecule has 1 aromatic rings. The highest BCUT2D eigenvalue weighted by atomic mass is 19.1. The van der Waals surface area contributed by atoms with Crippen molar-refractivity contribution in [1.29, 1.82) is 0 Å². The third kappa shape index (κ3) is 1.80. The minimum atomic E-state index is -0.767. The zero-order valence-corrected chi connectivity index (χ0v) is 10.0. The van der Waals surface area contributed by atoms with Crippen LogP contribution in [0.2, 0.25) is 0 Å². The lowest BCUT2D eigenvalue weighted by atomic mass is 9.84. The van der Waals surface area contributed by atoms with Gasteiger partial charge < -0.3 is 19.3 Å². The van der Waals surface area contributed by atoms with Crippen molar-refractivity contribution in [2.24, 2.45) is 0 Å². The Kier molecular flexibility index (Phi) is 2.87. The summed E-state index contributed by atoms with van der Waals surface area (Å²) in [5.74, 6) is 0.365. The molecule has 94 valence electrons. The number of fused-ring (bicyclic) bond motifs is 1. The van der Waals surface area contributed by atoms with Crippen LogP contribution in [0, 0.1) is 5.82 Å². The minimum Gasteiger partial charge on any atom is -0.494 e. The van der Waals surface area contributed by atoms with Crippen molar-refractivity contribution in [2.75, 3.05) is 20.5 Å². The Morgan fingerprint density at radius 2 is 2.18 bits per heavy atom. The lowest BCUT2D eigenvalue weighted by molar-refractivity contribution is 0.168. The molecule has 0 saturated heterocycles. The highest BCUT2D eigenvalue weighted by molar-refractivity contribution is 5.56. The number of hydrogen-bond acceptors (Lipinski definition) is 4. The van der Waals surface area contributed by atoms with Gasteiger partial charge in [0.2, 0.25) is 6.79 Å². The predicted octanol–water partition coefficient (Wildman–Crippen LogP) is 1.83. The summed E-state index contributed by atoms with van der Waals surface area (Å²) >= 11 is 0. The van der Waals surface area contributed by atoms with E-state index in [0.29, 0.717) is 11.5 Å². The second kappa shape index (κ2) is 4.07. The fraction of sp³-hybridized carbons (Fsp3) is 0.500. The van der Waals surface area contributed by atoms with Crippen LogP contribution in [-0.4, -0.2) is 25.6 Å². The Morgan fingerprint density at radius 3 is 2.76 bits per heavy atom. The Labute approximate surface area is 98.9 Å². The summed E-state index contributed by atoms with van der Waals surface area (Å²) in [5, 5.41) is 9.36. The molecule has 1 N–H and O–H groups in total. The summed E-state index contributed by atoms with van der Waals surface area (Å²) in [6, 6.07) is 1.45. The van der Waals surface area contributed by atoms with E-state index in [4.69, 9.17) is 14.2 Å². The van der Waals surface area contributed by atoms with Crippen molar-refractivity contribution in [1.82, 2.24) is 0 Å². The highest BCUT2D eigenvalue weighted by Gasteiger charge is 2.34. The molecule has 0 radical (unpaired) electrons. The third-order valence-corrected chi connectivity index (χ3v) is 2.86. The van der Waals surface area contributed by atoms with Gasteiger partial charge >= 0.3 is 0 Å². The molecule has 1 aliphatic heterocycles. The summed E-state index contributed by atoms with van der Waals surface area (Å²) in [6.45, 7) is 3.31. The lowest BCUT2D eigenvalue weighted by Gasteiger charge is -2.25. The zero-order valence-electron chi connectivity index (χ0n) is 10.0. The number of hydrogen-bond donors (Lipinski definition) is 1. The van der Waals surface area contributed by atoms with Gasteiger partial charge in [-0.25, -0.2) is 4.39 Å². The van der Waals surface area contributed by atoms with Crippen LogP contribution in [0.4, 0.5) is 4.39 Å². The summed E-state index contributed by atoms with van der Waals surface area (Å²) in [7, 11) is 1.39. The maximum Gasteiger partial charge on any atom is 0.231 e. The Morgan fingerprint density at radius 1 is 1.47 bits per heavy atom. The van der Waals surface area contributed by atoms with E-state index in [0.717, 1.165) is 0 Å². The number of aliphatic hydroxyl groups is 1. The van der Waals surface area contributed by atoms with E-state index >= 15 is 0 Å². The number of benzene rings is 1. The highest BCUT2D eigenvalue weighted by Crippen LogP contribution is 2.46. The molecule has 0 bridgehead atoms. The first kappa shape index (κ1) is 12.0. The van der Waals surface area contributed by atoms with Crippen molar-refractivity contribution < 1.29 is 23.7 Å². The molecule has 0 aliphatic carbocycles. The van der Waals surface area contributed by atoms with Crippen LogP contribution >= 0.6 is 0 Å². The monoisotopic (exact) mass is 242 g/mol. The van der Waals surface area contributed by atoms with Gasteiger partial charge in [-0.1, -0.05) is 13.8 Å². The number of rotatable bonds is 3. The van der Waals surface area contributed by atoms with E-state index < -0.39 is 11.2 Å². The number of aliphatic hydroxyl groups excluding tert-OH is 1. The van der Waals surface area contributed by atoms with Crippen LogP contribution in [-0.2, 0) is 5.41 Å². The van der Waals surface area contributed by atoms with Crippen molar-refractivity contribution in [3.8, 4) is 17.2 Å². The van der Waals surface area contributed by atoms with Crippen molar-refractivity contribution in [2.45, 2.75) is 19.3 Å². The molecule has 0 fully saturated rings. The molecule has 1 heterocycles. The summed E-state index contributed by atoms with van der Waals surface area (Å²) in [6.07, 6.45) is 0. The summed E-state index contributed by atoms with van der Waals surface area (Å²) in [4.78, 5) is 0. The quantitative estimate of drug-likeness (QED) is 0.878. The van der Waals surface area contributed by atoms with Gasteiger partial charge in [-0.05, 0) is 0 Å². The first-order valence-corrected chi connectivity index (χ1v) is 5.28. The molecular formula is C12H15FO4. The first-order valence-electron chi connectivity index (χ1n) is 5.28. The zero-order chi connectivity index (χ0) is 12.6. The molecular weight excluding hydrogens is 227 g/mol. The number of ether oxygens (including phenoxy) is 3. The first-order chi connectivity index (χ1) is 8.01. The molecule has 0 saturated carbocycles. The Hall–Kier alpha value is -1.49. The minimum absolute atomic E-state index is 0.0520. The van der Waals surface area contributed by atoms with E-state index in [9.17, 15) is 9.50 Å². The fourth-order valence-corrected chi connectivity index (χ4v) is 1.83. The molecule has 0 atom stereocenters. The van der Waals surface area contributed by atoms with Crippen LogP contribution in [0.1, 0.15) is 19.4 Å². The van der Waals surface area contributed by atoms with E-state index in [1.54, 1.807) is 13.8 Å². The standard InChI is InChI=1S/C12H15FO4/c1-12(2,5-14)9-10(13)7(15-3)4-8-11(9)17-6-16-8/h4,14H,5-6H2,1-3H3. The fourth-order valence-electron chi connectivity index (χ4n) is 1.83. The molecule has 0 aromatic heterocycles. The number of halogens is 1. The normalized spacial score (nSPS) is 13.9. The molecule has 0 unspecified atom stereocenters. The van der Waals surface area contributed by atoms with Crippen LogP contribution < -0.4 is 14.2 Å². The molecule has 1 aliphatic rings. The molecule has 17 heavy (non-hydrogen) atoms. The van der Waals surface area contributed by atoms with E-state index in [-0.39, 0.29) is 24.7 Å². The molecule has 5 heteroatoms. The molecule has 0 amide bonds. The van der Waals surface area contributed by atoms with E-state index in [1.165, 1.54) is 13.2 Å². The van der Waals surface area contributed by atoms with Gasteiger partial charge in [-0.2, -0.15) is 0 Å². The van der Waals surface area contributed by atoms with Crippen LogP contribution in [0.5, 0.6) is 17.2 Å². The largest absolute Gasteiger partial charge is 0.494 e. The molecule has 2 rings (SSSR count). The third-order valence-electron chi connectivity index (χ3n) is 2.86. The van der Waals surface area contributed by atoms with Crippen LogP contribution in [0.25, 0.3) is 0 Å². The van der Waals surface area contributed by atoms with Gasteiger partial charge in [0, 0.05) is 17.0 Å². The van der Waals surface area contributed by atoms with Crippen molar-refractivity contribution in [3.63, 3.8) is 0 Å². The van der Waals surface area contributed by atoms with Gasteiger partial charge in [0.25, 0.3) is 0 Å². The summed E-state index contributed by atoms with van der Waals surface area (Å²) < 4.78 is 29.7. The molecule has 1 aromatic carbocycles. The average Bonchev–Trinajstić information content (AvgIpc) is 2.75. The average molecular weight is 242 g/mol. The van der Waals surface area contributed by atoms with Crippen molar-refractivity contribution in [3.05, 3.63) is 17.4 Å². The molecule has 0 spiro atoms. The second-order valence-corrected chi connectivity index (χ2v) is 4.54.